The van der Waals surface area contributed by atoms with Gasteiger partial charge in [-0.1, -0.05) is 60.7 Å². The van der Waals surface area contributed by atoms with Gasteiger partial charge in [-0.25, -0.2) is 0 Å². The monoisotopic (exact) mass is 353 g/mol. The van der Waals surface area contributed by atoms with E-state index in [4.69, 9.17) is 11.2 Å². The first-order valence-electron chi connectivity index (χ1n) is 9.74. The van der Waals surface area contributed by atoms with Crippen molar-refractivity contribution in [2.24, 2.45) is 0 Å². The Balaban J connectivity index is 1.62. The van der Waals surface area contributed by atoms with Crippen LogP contribution in [-0.2, 0) is 6.42 Å². The second kappa shape index (κ2) is 6.57. The Morgan fingerprint density at radius 2 is 1.67 bits per heavy atom. The van der Waals surface area contributed by atoms with Crippen LogP contribution in [0, 0.1) is 0 Å². The summed E-state index contributed by atoms with van der Waals surface area (Å²) in [5.74, 6) is 0.713. The van der Waals surface area contributed by atoms with Gasteiger partial charge in [-0.2, -0.15) is 0 Å². The van der Waals surface area contributed by atoms with E-state index in [9.17, 15) is 0 Å². The van der Waals surface area contributed by atoms with Crippen LogP contribution in [0.3, 0.4) is 0 Å². The van der Waals surface area contributed by atoms with E-state index in [2.05, 4.69) is 48.5 Å². The second-order valence-electron chi connectivity index (χ2n) is 6.86. The summed E-state index contributed by atoms with van der Waals surface area (Å²) >= 11 is 0. The number of aliphatic hydroxyl groups excluding tert-OH is 1. The molecule has 27 heavy (non-hydrogen) atoms. The average molecular weight is 353 g/mol. The van der Waals surface area contributed by atoms with Gasteiger partial charge in [0.25, 0.3) is 0 Å². The van der Waals surface area contributed by atoms with Crippen molar-refractivity contribution in [2.75, 3.05) is 13.2 Å². The molecule has 1 N–H and O–H groups in total. The highest BCUT2D eigenvalue weighted by Gasteiger charge is 2.20. The summed E-state index contributed by atoms with van der Waals surface area (Å²) in [6, 6.07) is 25.3. The highest BCUT2D eigenvalue weighted by Crippen LogP contribution is 2.41. The fraction of sp³-hybridized carbons (Fsp3) is 0.120. The van der Waals surface area contributed by atoms with Crippen LogP contribution in [0.25, 0.3) is 33.0 Å². The van der Waals surface area contributed by atoms with Crippen molar-refractivity contribution < 1.29 is 11.2 Å². The van der Waals surface area contributed by atoms with Crippen molar-refractivity contribution in [3.63, 3.8) is 0 Å². The van der Waals surface area contributed by atoms with Gasteiger partial charge in [0.2, 0.25) is 0 Å². The van der Waals surface area contributed by atoms with E-state index in [1.807, 2.05) is 24.3 Å². The number of benzene rings is 4. The molecule has 4 aromatic carbocycles. The van der Waals surface area contributed by atoms with Gasteiger partial charge in [0.15, 0.2) is 0 Å². The minimum absolute atomic E-state index is 0.0117. The fourth-order valence-corrected chi connectivity index (χ4v) is 3.97. The van der Waals surface area contributed by atoms with Crippen LogP contribution in [0.2, 0.25) is 0 Å². The lowest BCUT2D eigenvalue weighted by molar-refractivity contribution is 0.201. The Kier molecular flexibility index (Phi) is 3.65. The van der Waals surface area contributed by atoms with Crippen molar-refractivity contribution in [1.29, 1.82) is 0 Å². The Morgan fingerprint density at radius 3 is 2.59 bits per heavy atom. The topological polar surface area (TPSA) is 29.5 Å². The van der Waals surface area contributed by atoms with Crippen LogP contribution in [0.15, 0.2) is 78.8 Å². The molecular weight excluding hydrogens is 332 g/mol. The van der Waals surface area contributed by atoms with E-state index in [0.717, 1.165) is 28.3 Å². The van der Waals surface area contributed by atoms with Crippen LogP contribution >= 0.6 is 0 Å². The Bertz CT molecular complexity index is 1200. The first kappa shape index (κ1) is 15.0. The summed E-state index contributed by atoms with van der Waals surface area (Å²) in [6.07, 6.45) is 0.910. The zero-order valence-electron chi connectivity index (χ0n) is 15.9. The van der Waals surface area contributed by atoms with E-state index in [1.54, 1.807) is 0 Å². The first-order valence-corrected chi connectivity index (χ1v) is 9.24. The SMILES string of the molecule is [2H]c1c(-c2cccc3c2Cc2ccccc2-3)ccc2cc(OCCO)ccc12. The molecule has 0 heterocycles. The number of ether oxygens (including phenoxy) is 1. The Morgan fingerprint density at radius 1 is 0.852 bits per heavy atom. The lowest BCUT2D eigenvalue weighted by atomic mass is 9.94. The van der Waals surface area contributed by atoms with Crippen molar-refractivity contribution in [3.05, 3.63) is 90.0 Å². The molecule has 1 aliphatic rings. The molecule has 1 aliphatic carbocycles. The smallest absolute Gasteiger partial charge is 0.120 e. The van der Waals surface area contributed by atoms with Crippen LogP contribution in [0.5, 0.6) is 5.75 Å². The van der Waals surface area contributed by atoms with Crippen LogP contribution in [-0.4, -0.2) is 18.3 Å². The van der Waals surface area contributed by atoms with E-state index in [0.29, 0.717) is 11.8 Å². The first-order chi connectivity index (χ1) is 13.8. The van der Waals surface area contributed by atoms with Gasteiger partial charge in [-0.15, -0.1) is 0 Å². The van der Waals surface area contributed by atoms with E-state index >= 15 is 0 Å². The van der Waals surface area contributed by atoms with Gasteiger partial charge in [0.05, 0.1) is 7.98 Å². The van der Waals surface area contributed by atoms with Crippen LogP contribution in [0.4, 0.5) is 0 Å². The normalized spacial score (nSPS) is 12.6. The number of rotatable bonds is 4. The van der Waals surface area contributed by atoms with Gasteiger partial charge in [-0.05, 0) is 68.7 Å². The summed E-state index contributed by atoms with van der Waals surface area (Å²) in [5, 5.41) is 10.8. The third-order valence-corrected chi connectivity index (χ3v) is 5.22. The summed E-state index contributed by atoms with van der Waals surface area (Å²) in [4.78, 5) is 0. The molecule has 0 spiro atoms. The molecule has 0 radical (unpaired) electrons. The minimum Gasteiger partial charge on any atom is -0.491 e. The molecule has 0 saturated heterocycles. The Hall–Kier alpha value is -3.10. The van der Waals surface area contributed by atoms with Gasteiger partial charge >= 0.3 is 0 Å². The minimum atomic E-state index is -0.0117. The van der Waals surface area contributed by atoms with Crippen LogP contribution in [0.1, 0.15) is 12.5 Å². The Labute approximate surface area is 160 Å². The standard InChI is InChI=1S/C25H20O2/c26-12-13-27-21-11-10-17-14-20(9-8-18(17)15-21)23-6-3-7-24-22-5-2-1-4-19(22)16-25(23)24/h1-11,14-15,26H,12-13,16H2/i14D. The lowest BCUT2D eigenvalue weighted by Gasteiger charge is -2.11. The molecule has 2 heteroatoms. The molecule has 132 valence electrons. The zero-order chi connectivity index (χ0) is 19.1. The van der Waals surface area contributed by atoms with E-state index in [1.165, 1.54) is 22.3 Å². The maximum atomic E-state index is 8.93. The van der Waals surface area contributed by atoms with Crippen molar-refractivity contribution >= 4 is 10.8 Å². The molecule has 0 unspecified atom stereocenters. The third-order valence-electron chi connectivity index (χ3n) is 5.22. The molecule has 0 aliphatic heterocycles. The molecule has 5 rings (SSSR count). The molecule has 0 saturated carbocycles. The van der Waals surface area contributed by atoms with Crippen molar-refractivity contribution in [3.8, 4) is 28.0 Å². The molecule has 0 fully saturated rings. The van der Waals surface area contributed by atoms with E-state index < -0.39 is 0 Å². The fourth-order valence-electron chi connectivity index (χ4n) is 3.97. The molecule has 0 aromatic heterocycles. The summed E-state index contributed by atoms with van der Waals surface area (Å²) in [7, 11) is 0. The summed E-state index contributed by atoms with van der Waals surface area (Å²) < 4.78 is 14.3. The highest BCUT2D eigenvalue weighted by atomic mass is 16.5. The quantitative estimate of drug-likeness (QED) is 0.465. The number of fused-ring (bicyclic) bond motifs is 4. The number of hydrogen-bond acceptors (Lipinski definition) is 2. The van der Waals surface area contributed by atoms with Gasteiger partial charge in [0.1, 0.15) is 12.4 Å². The third kappa shape index (κ3) is 2.79. The van der Waals surface area contributed by atoms with Crippen LogP contribution < -0.4 is 4.74 Å². The number of aliphatic hydroxyl groups is 1. The summed E-state index contributed by atoms with van der Waals surface area (Å²) in [5.41, 5.74) is 7.34. The molecule has 0 amide bonds. The summed E-state index contributed by atoms with van der Waals surface area (Å²) in [6.45, 7) is 0.260. The molecular formula is C25H20O2. The number of hydrogen-bond donors (Lipinski definition) is 1. The van der Waals surface area contributed by atoms with Gasteiger partial charge in [-0.3, -0.25) is 0 Å². The molecule has 0 atom stereocenters. The highest BCUT2D eigenvalue weighted by molar-refractivity contribution is 5.91. The lowest BCUT2D eigenvalue weighted by Crippen LogP contribution is -2.01. The second-order valence-corrected chi connectivity index (χ2v) is 6.86. The zero-order valence-corrected chi connectivity index (χ0v) is 14.9. The maximum Gasteiger partial charge on any atom is 0.120 e. The predicted molar refractivity (Wildman–Crippen MR) is 110 cm³/mol. The average Bonchev–Trinajstić information content (AvgIpc) is 3.11. The van der Waals surface area contributed by atoms with E-state index in [-0.39, 0.29) is 13.2 Å². The largest absolute Gasteiger partial charge is 0.491 e. The van der Waals surface area contributed by atoms with Crippen molar-refractivity contribution in [1.82, 2.24) is 0 Å². The molecule has 2 nitrogen and oxygen atoms in total. The molecule has 4 aromatic rings. The maximum absolute atomic E-state index is 8.93. The van der Waals surface area contributed by atoms with Crippen molar-refractivity contribution in [2.45, 2.75) is 6.42 Å². The van der Waals surface area contributed by atoms with Gasteiger partial charge in [0, 0.05) is 0 Å². The van der Waals surface area contributed by atoms with Gasteiger partial charge < -0.3 is 9.84 Å². The predicted octanol–water partition coefficient (Wildman–Crippen LogP) is 5.45. The molecule has 0 bridgehead atoms.